The topological polar surface area (TPSA) is 21.3 Å². The van der Waals surface area contributed by atoms with Gasteiger partial charge in [-0.05, 0) is 75.8 Å². The van der Waals surface area contributed by atoms with Crippen LogP contribution in [0.4, 0.5) is 4.39 Å². The maximum absolute atomic E-state index is 13.1. The average Bonchev–Trinajstić information content (AvgIpc) is 2.37. The van der Waals surface area contributed by atoms with Gasteiger partial charge in [0.05, 0.1) is 6.10 Å². The van der Waals surface area contributed by atoms with E-state index in [0.717, 1.165) is 24.5 Å². The summed E-state index contributed by atoms with van der Waals surface area (Å²) in [5.74, 6) is 0.621. The van der Waals surface area contributed by atoms with Crippen LogP contribution in [-0.4, -0.2) is 25.8 Å². The summed E-state index contributed by atoms with van der Waals surface area (Å²) >= 11 is 0. The summed E-state index contributed by atoms with van der Waals surface area (Å²) in [6.45, 7) is 4.86. The number of likely N-dealkylation sites (N-methyl/N-ethyl adjacent to an activating group) is 1. The van der Waals surface area contributed by atoms with E-state index >= 15 is 0 Å². The van der Waals surface area contributed by atoms with E-state index in [1.54, 1.807) is 12.1 Å². The van der Waals surface area contributed by atoms with Crippen molar-refractivity contribution in [3.63, 3.8) is 0 Å². The molecule has 20 heavy (non-hydrogen) atoms. The molecule has 1 aromatic carbocycles. The molecule has 1 unspecified atom stereocenters. The minimum absolute atomic E-state index is 0.147. The van der Waals surface area contributed by atoms with E-state index in [4.69, 9.17) is 4.74 Å². The molecule has 1 atom stereocenters. The van der Waals surface area contributed by atoms with Gasteiger partial charge in [-0.2, -0.15) is 0 Å². The van der Waals surface area contributed by atoms with Gasteiger partial charge in [0.15, 0.2) is 0 Å². The number of benzene rings is 1. The highest BCUT2D eigenvalue weighted by Crippen LogP contribution is 2.34. The van der Waals surface area contributed by atoms with E-state index < -0.39 is 0 Å². The first-order chi connectivity index (χ1) is 9.62. The van der Waals surface area contributed by atoms with Crippen molar-refractivity contribution in [2.24, 2.45) is 5.92 Å². The third-order valence-corrected chi connectivity index (χ3v) is 4.39. The summed E-state index contributed by atoms with van der Waals surface area (Å²) in [5, 5.41) is 3.40. The molecule has 0 aromatic heterocycles. The van der Waals surface area contributed by atoms with Crippen molar-refractivity contribution >= 4 is 0 Å². The number of rotatable bonds is 7. The van der Waals surface area contributed by atoms with Crippen LogP contribution in [0.1, 0.15) is 37.3 Å². The molecule has 1 aliphatic carbocycles. The minimum Gasteiger partial charge on any atom is -0.378 e. The monoisotopic (exact) mass is 279 g/mol. The average molecular weight is 279 g/mol. The van der Waals surface area contributed by atoms with E-state index in [1.165, 1.54) is 24.8 Å². The fourth-order valence-electron chi connectivity index (χ4n) is 3.10. The lowest BCUT2D eigenvalue weighted by Gasteiger charge is -2.37. The van der Waals surface area contributed by atoms with Gasteiger partial charge in [-0.3, -0.25) is 0 Å². The third kappa shape index (κ3) is 4.03. The molecule has 0 heterocycles. The predicted octanol–water partition coefficient (Wildman–Crippen LogP) is 3.47. The summed E-state index contributed by atoms with van der Waals surface area (Å²) in [5.41, 5.74) is 2.29. The van der Waals surface area contributed by atoms with Crippen LogP contribution in [0.15, 0.2) is 18.2 Å². The highest BCUT2D eigenvalue weighted by molar-refractivity contribution is 5.27. The molecule has 1 N–H and O–H groups in total. The van der Waals surface area contributed by atoms with E-state index in [1.807, 2.05) is 20.0 Å². The first-order valence-electron chi connectivity index (χ1n) is 7.66. The number of nitrogens with one attached hydrogen (secondary N) is 1. The first-order valence-corrected chi connectivity index (χ1v) is 7.66. The quantitative estimate of drug-likeness (QED) is 0.825. The lowest BCUT2D eigenvalue weighted by atomic mass is 9.77. The predicted molar refractivity (Wildman–Crippen MR) is 80.4 cm³/mol. The van der Waals surface area contributed by atoms with Crippen LogP contribution >= 0.6 is 0 Å². The van der Waals surface area contributed by atoms with Gasteiger partial charge in [-0.1, -0.05) is 6.07 Å². The summed E-state index contributed by atoms with van der Waals surface area (Å²) in [7, 11) is 2.02. The number of hydrogen-bond acceptors (Lipinski definition) is 2. The smallest absolute Gasteiger partial charge is 0.123 e. The van der Waals surface area contributed by atoms with Crippen molar-refractivity contribution in [3.05, 3.63) is 35.1 Å². The summed E-state index contributed by atoms with van der Waals surface area (Å²) in [6, 6.07) is 5.56. The molecule has 1 saturated carbocycles. The van der Waals surface area contributed by atoms with Crippen molar-refractivity contribution in [1.82, 2.24) is 5.32 Å². The van der Waals surface area contributed by atoms with Crippen LogP contribution in [0, 0.1) is 18.7 Å². The largest absolute Gasteiger partial charge is 0.378 e. The molecule has 0 saturated heterocycles. The molecule has 2 nitrogen and oxygen atoms in total. The number of ether oxygens (including phenoxy) is 1. The molecule has 0 radical (unpaired) electrons. The van der Waals surface area contributed by atoms with Crippen LogP contribution in [0.5, 0.6) is 0 Å². The van der Waals surface area contributed by atoms with Gasteiger partial charge in [0.1, 0.15) is 5.82 Å². The Labute approximate surface area is 121 Å². The lowest BCUT2D eigenvalue weighted by molar-refractivity contribution is -0.0288. The maximum Gasteiger partial charge on any atom is 0.123 e. The van der Waals surface area contributed by atoms with Gasteiger partial charge >= 0.3 is 0 Å². The van der Waals surface area contributed by atoms with Crippen molar-refractivity contribution in [2.45, 2.75) is 51.7 Å². The number of halogens is 1. The highest BCUT2D eigenvalue weighted by atomic mass is 19.1. The number of hydrogen-bond donors (Lipinski definition) is 1. The van der Waals surface area contributed by atoms with Gasteiger partial charge < -0.3 is 10.1 Å². The van der Waals surface area contributed by atoms with Crippen LogP contribution < -0.4 is 5.32 Å². The Morgan fingerprint density at radius 3 is 2.75 bits per heavy atom. The van der Waals surface area contributed by atoms with Crippen LogP contribution in [0.3, 0.4) is 0 Å². The van der Waals surface area contributed by atoms with Crippen molar-refractivity contribution < 1.29 is 9.13 Å². The van der Waals surface area contributed by atoms with Gasteiger partial charge in [-0.25, -0.2) is 4.39 Å². The fourth-order valence-corrected chi connectivity index (χ4v) is 3.10. The molecule has 1 aromatic rings. The molecule has 0 amide bonds. The fraction of sp³-hybridized carbons (Fsp3) is 0.647. The standard InChI is InChI=1S/C17H26FNO/c1-4-20-17-9-13(10-17)8-16(19-3)11-14-5-6-15(18)7-12(14)2/h5-7,13,16-17,19H,4,8-11H2,1-3H3. The Bertz CT molecular complexity index is 429. The van der Waals surface area contributed by atoms with Crippen LogP contribution in [-0.2, 0) is 11.2 Å². The molecule has 1 aliphatic rings. The zero-order valence-electron chi connectivity index (χ0n) is 12.8. The van der Waals surface area contributed by atoms with E-state index in [0.29, 0.717) is 12.1 Å². The molecule has 1 fully saturated rings. The molecule has 3 heteroatoms. The van der Waals surface area contributed by atoms with Crippen molar-refractivity contribution in [3.8, 4) is 0 Å². The van der Waals surface area contributed by atoms with Crippen molar-refractivity contribution in [2.75, 3.05) is 13.7 Å². The summed E-state index contributed by atoms with van der Waals surface area (Å²) in [6.07, 6.45) is 5.01. The highest BCUT2D eigenvalue weighted by Gasteiger charge is 2.31. The van der Waals surface area contributed by atoms with E-state index in [9.17, 15) is 4.39 Å². The molecular formula is C17H26FNO. The van der Waals surface area contributed by atoms with Gasteiger partial charge in [-0.15, -0.1) is 0 Å². The summed E-state index contributed by atoms with van der Waals surface area (Å²) < 4.78 is 18.7. The zero-order chi connectivity index (χ0) is 14.5. The van der Waals surface area contributed by atoms with Gasteiger partial charge in [0, 0.05) is 12.6 Å². The normalized spacial score (nSPS) is 23.4. The zero-order valence-corrected chi connectivity index (χ0v) is 12.8. The summed E-state index contributed by atoms with van der Waals surface area (Å²) in [4.78, 5) is 0. The van der Waals surface area contributed by atoms with E-state index in [2.05, 4.69) is 12.2 Å². The molecule has 0 spiro atoms. The van der Waals surface area contributed by atoms with Gasteiger partial charge in [0.25, 0.3) is 0 Å². The number of aryl methyl sites for hydroxylation is 1. The second-order valence-corrected chi connectivity index (χ2v) is 5.91. The van der Waals surface area contributed by atoms with E-state index in [-0.39, 0.29) is 5.82 Å². The molecule has 0 bridgehead atoms. The Kier molecular flexibility index (Phi) is 5.55. The second-order valence-electron chi connectivity index (χ2n) is 5.91. The Hall–Kier alpha value is -0.930. The SMILES string of the molecule is CCOC1CC(CC(Cc2ccc(F)cc2C)NC)C1. The third-order valence-electron chi connectivity index (χ3n) is 4.39. The maximum atomic E-state index is 13.1. The minimum atomic E-state index is -0.147. The molecule has 0 aliphatic heterocycles. The lowest BCUT2D eigenvalue weighted by Crippen LogP contribution is -2.38. The molecular weight excluding hydrogens is 253 g/mol. The molecule has 2 rings (SSSR count). The Morgan fingerprint density at radius 2 is 2.15 bits per heavy atom. The molecule has 112 valence electrons. The Morgan fingerprint density at radius 1 is 1.40 bits per heavy atom. The Balaban J connectivity index is 1.84. The first kappa shape index (κ1) is 15.5. The second kappa shape index (κ2) is 7.19. The van der Waals surface area contributed by atoms with Crippen LogP contribution in [0.25, 0.3) is 0 Å². The van der Waals surface area contributed by atoms with Crippen molar-refractivity contribution in [1.29, 1.82) is 0 Å². The van der Waals surface area contributed by atoms with Gasteiger partial charge in [0.2, 0.25) is 0 Å². The van der Waals surface area contributed by atoms with Crippen LogP contribution in [0.2, 0.25) is 0 Å².